The Bertz CT molecular complexity index is 1510. The van der Waals surface area contributed by atoms with Gasteiger partial charge in [-0.15, -0.1) is 0 Å². The number of hydrogen-bond donors (Lipinski definition) is 1. The van der Waals surface area contributed by atoms with E-state index in [0.29, 0.717) is 43.0 Å². The maximum absolute atomic E-state index is 14.7. The first-order valence-corrected chi connectivity index (χ1v) is 15.2. The topological polar surface area (TPSA) is 75.2 Å². The molecule has 44 heavy (non-hydrogen) atoms. The van der Waals surface area contributed by atoms with Gasteiger partial charge < -0.3 is 5.32 Å². The summed E-state index contributed by atoms with van der Waals surface area (Å²) in [5, 5.41) is 3.48. The molecule has 4 unspecified atom stereocenters. The fourth-order valence-corrected chi connectivity index (χ4v) is 7.79. The minimum absolute atomic E-state index is 0.120. The minimum Gasteiger partial charge on any atom is -0.357 e. The monoisotopic (exact) mass is 602 g/mol. The fraction of sp³-hybridized carbons (Fsp3) is 0.429. The van der Waals surface area contributed by atoms with Gasteiger partial charge in [-0.1, -0.05) is 32.9 Å². The number of alkyl halides is 3. The predicted octanol–water partition coefficient (Wildman–Crippen LogP) is 6.49. The Morgan fingerprint density at radius 3 is 2.02 bits per heavy atom. The molecule has 0 radical (unpaired) electrons. The van der Waals surface area contributed by atoms with Crippen LogP contribution in [0.3, 0.4) is 0 Å². The van der Waals surface area contributed by atoms with Crippen molar-refractivity contribution < 1.29 is 22.8 Å². The van der Waals surface area contributed by atoms with E-state index in [2.05, 4.69) is 36.1 Å². The van der Waals surface area contributed by atoms with Crippen molar-refractivity contribution in [2.24, 2.45) is 29.1 Å². The van der Waals surface area contributed by atoms with Crippen molar-refractivity contribution in [2.75, 3.05) is 6.54 Å². The second-order valence-corrected chi connectivity index (χ2v) is 13.4. The van der Waals surface area contributed by atoms with Gasteiger partial charge in [-0.2, -0.15) is 13.2 Å². The highest BCUT2D eigenvalue weighted by atomic mass is 19.4. The molecule has 0 spiro atoms. The third-order valence-corrected chi connectivity index (χ3v) is 10.5. The van der Waals surface area contributed by atoms with Crippen LogP contribution in [0.5, 0.6) is 0 Å². The Labute approximate surface area is 255 Å². The summed E-state index contributed by atoms with van der Waals surface area (Å²) < 4.78 is 39.5. The first kappa shape index (κ1) is 30.0. The number of nitrogens with zero attached hydrogens (tertiary/aromatic N) is 3. The quantitative estimate of drug-likeness (QED) is 0.236. The lowest BCUT2D eigenvalue weighted by atomic mass is 9.43. The van der Waals surface area contributed by atoms with E-state index in [9.17, 15) is 22.8 Å². The van der Waals surface area contributed by atoms with E-state index in [4.69, 9.17) is 0 Å². The molecule has 3 heterocycles. The number of ketones is 1. The molecule has 4 atom stereocenters. The maximum Gasteiger partial charge on any atom is 0.416 e. The molecule has 1 aliphatic heterocycles. The van der Waals surface area contributed by atoms with Gasteiger partial charge in [0.05, 0.1) is 5.56 Å². The van der Waals surface area contributed by atoms with Gasteiger partial charge in [0, 0.05) is 55.8 Å². The number of hydrogen-bond acceptors (Lipinski definition) is 5. The first-order valence-electron chi connectivity index (χ1n) is 15.2. The van der Waals surface area contributed by atoms with E-state index < -0.39 is 23.1 Å². The summed E-state index contributed by atoms with van der Waals surface area (Å²) in [7, 11) is 0. The molecule has 9 heteroatoms. The molecule has 7 rings (SSSR count). The van der Waals surface area contributed by atoms with Crippen LogP contribution in [-0.4, -0.2) is 38.6 Å². The average molecular weight is 603 g/mol. The van der Waals surface area contributed by atoms with Crippen LogP contribution < -0.4 is 5.32 Å². The SMILES string of the molecule is CC1C(CN2C(=O)C(Cc3ccncc3)(Cc3ccncc3)NC2=CC(=O)c2ccc(C(F)(F)F)cc2)CC2CC1C2(C)C. The summed E-state index contributed by atoms with van der Waals surface area (Å²) in [4.78, 5) is 38.1. The lowest BCUT2D eigenvalue weighted by Gasteiger charge is -2.62. The zero-order valence-corrected chi connectivity index (χ0v) is 25.1. The van der Waals surface area contributed by atoms with Crippen LogP contribution >= 0.6 is 0 Å². The van der Waals surface area contributed by atoms with Gasteiger partial charge in [0.1, 0.15) is 11.4 Å². The van der Waals surface area contributed by atoms with Crippen molar-refractivity contribution in [3.8, 4) is 0 Å². The lowest BCUT2D eigenvalue weighted by molar-refractivity contribution is -0.142. The van der Waals surface area contributed by atoms with Gasteiger partial charge in [0.25, 0.3) is 5.91 Å². The zero-order chi connectivity index (χ0) is 31.3. The normalized spacial score (nSPS) is 26.3. The number of aromatic nitrogens is 2. The van der Waals surface area contributed by atoms with Crippen molar-refractivity contribution in [3.63, 3.8) is 0 Å². The molecule has 230 valence electrons. The van der Waals surface area contributed by atoms with E-state index in [-0.39, 0.29) is 22.8 Å². The molecule has 1 aromatic carbocycles. The Morgan fingerprint density at radius 2 is 1.52 bits per heavy atom. The molecule has 2 bridgehead atoms. The smallest absolute Gasteiger partial charge is 0.357 e. The van der Waals surface area contributed by atoms with E-state index in [1.807, 2.05) is 24.3 Å². The fourth-order valence-electron chi connectivity index (χ4n) is 7.79. The highest BCUT2D eigenvalue weighted by Gasteiger charge is 2.57. The van der Waals surface area contributed by atoms with Gasteiger partial charge >= 0.3 is 6.18 Å². The first-order chi connectivity index (χ1) is 20.9. The van der Waals surface area contributed by atoms with Gasteiger partial charge in [0.15, 0.2) is 5.78 Å². The standard InChI is InChI=1S/C35H37F3N4O2/c1-22-26(16-28-17-29(22)33(28,2)3)21-42-31(18-30(43)25-4-6-27(7-5-25)35(36,37)38)41-34(32(42)44,19-23-8-12-39-13-9-23)20-24-10-14-40-15-11-24/h4-15,18,22,26,28-29,41H,16-17,19-21H2,1-3H3. The molecule has 1 amide bonds. The maximum atomic E-state index is 14.7. The highest BCUT2D eigenvalue weighted by molar-refractivity contribution is 6.06. The van der Waals surface area contributed by atoms with Crippen LogP contribution in [0.2, 0.25) is 0 Å². The molecule has 1 N–H and O–H groups in total. The lowest BCUT2D eigenvalue weighted by Crippen LogP contribution is -2.57. The molecule has 3 saturated carbocycles. The summed E-state index contributed by atoms with van der Waals surface area (Å²) in [5.41, 5.74) is 0.328. The van der Waals surface area contributed by atoms with Crippen LogP contribution in [0.4, 0.5) is 13.2 Å². The van der Waals surface area contributed by atoms with Gasteiger partial charge in [-0.05, 0) is 89.5 Å². The number of amides is 1. The highest BCUT2D eigenvalue weighted by Crippen LogP contribution is 2.63. The van der Waals surface area contributed by atoms with Crippen molar-refractivity contribution in [1.29, 1.82) is 0 Å². The van der Waals surface area contributed by atoms with Gasteiger partial charge in [0.2, 0.25) is 0 Å². The number of pyridine rings is 2. The van der Waals surface area contributed by atoms with E-state index in [1.54, 1.807) is 29.7 Å². The third kappa shape index (κ3) is 5.53. The molecule has 3 aromatic rings. The number of nitrogens with one attached hydrogen (secondary N) is 1. The Kier molecular flexibility index (Phi) is 7.62. The van der Waals surface area contributed by atoms with Crippen LogP contribution in [0.25, 0.3) is 0 Å². The molecule has 2 aromatic heterocycles. The van der Waals surface area contributed by atoms with Crippen molar-refractivity contribution in [3.05, 3.63) is 107 Å². The number of allylic oxidation sites excluding steroid dienone is 1. The van der Waals surface area contributed by atoms with Crippen molar-refractivity contribution in [1.82, 2.24) is 20.2 Å². The number of rotatable bonds is 8. The van der Waals surface area contributed by atoms with E-state index in [0.717, 1.165) is 29.7 Å². The molecular formula is C35H37F3N4O2. The zero-order valence-electron chi connectivity index (χ0n) is 25.1. The molecule has 1 saturated heterocycles. The van der Waals surface area contributed by atoms with Crippen LogP contribution in [0.1, 0.15) is 60.7 Å². The second kappa shape index (κ2) is 11.2. The summed E-state index contributed by atoms with van der Waals surface area (Å²) in [6, 6.07) is 11.7. The Hall–Kier alpha value is -4.01. The van der Waals surface area contributed by atoms with E-state index in [1.165, 1.54) is 24.6 Å². The largest absolute Gasteiger partial charge is 0.416 e. The average Bonchev–Trinajstić information content (AvgIpc) is 3.23. The number of fused-ring (bicyclic) bond motifs is 2. The minimum atomic E-state index is -4.50. The predicted molar refractivity (Wildman–Crippen MR) is 160 cm³/mol. The summed E-state index contributed by atoms with van der Waals surface area (Å²) >= 11 is 0. The third-order valence-electron chi connectivity index (χ3n) is 10.5. The van der Waals surface area contributed by atoms with Crippen molar-refractivity contribution in [2.45, 2.75) is 58.2 Å². The summed E-state index contributed by atoms with van der Waals surface area (Å²) in [5.74, 6) is 1.64. The molecular weight excluding hydrogens is 565 g/mol. The number of carbonyl (C=O) groups is 2. The molecule has 3 aliphatic carbocycles. The Balaban J connectivity index is 1.37. The number of benzene rings is 1. The van der Waals surface area contributed by atoms with Crippen molar-refractivity contribution >= 4 is 11.7 Å². The number of carbonyl (C=O) groups excluding carboxylic acids is 2. The molecule has 4 fully saturated rings. The second-order valence-electron chi connectivity index (χ2n) is 13.4. The molecule has 4 aliphatic rings. The summed E-state index contributed by atoms with van der Waals surface area (Å²) in [6.45, 7) is 7.42. The van der Waals surface area contributed by atoms with Gasteiger partial charge in [-0.25, -0.2) is 0 Å². The van der Waals surface area contributed by atoms with Gasteiger partial charge in [-0.3, -0.25) is 24.5 Å². The summed E-state index contributed by atoms with van der Waals surface area (Å²) in [6.07, 6.45) is 6.57. The molecule has 6 nitrogen and oxygen atoms in total. The van der Waals surface area contributed by atoms with Crippen LogP contribution in [-0.2, 0) is 23.8 Å². The number of halogens is 3. The van der Waals surface area contributed by atoms with Crippen LogP contribution in [0.15, 0.2) is 85.2 Å². The Morgan fingerprint density at radius 1 is 0.955 bits per heavy atom. The van der Waals surface area contributed by atoms with Crippen LogP contribution in [0, 0.1) is 29.1 Å². The van der Waals surface area contributed by atoms with E-state index >= 15 is 0 Å².